The Bertz CT molecular complexity index is 151. The first-order valence-corrected chi connectivity index (χ1v) is 5.82. The molecule has 1 amide bonds. The molecule has 2 N–H and O–H groups in total. The molecule has 0 heterocycles. The maximum Gasteiger partial charge on any atom is 0.221 e. The molecule has 0 aliphatic rings. The molecule has 0 radical (unpaired) electrons. The summed E-state index contributed by atoms with van der Waals surface area (Å²) in [5.41, 5.74) is 0. The van der Waals surface area contributed by atoms with E-state index in [-0.39, 0.29) is 12.0 Å². The van der Waals surface area contributed by atoms with E-state index in [1.807, 2.05) is 13.2 Å². The van der Waals surface area contributed by atoms with Gasteiger partial charge in [-0.05, 0) is 19.6 Å². The molecule has 0 saturated carbocycles. The molecule has 78 valence electrons. The summed E-state index contributed by atoms with van der Waals surface area (Å²) in [5.74, 6) is 0.0718. The predicted molar refractivity (Wildman–Crippen MR) is 56.9 cm³/mol. The van der Waals surface area contributed by atoms with Crippen molar-refractivity contribution in [3.8, 4) is 0 Å². The second-order valence-corrected chi connectivity index (χ2v) is 4.51. The normalized spacial score (nSPS) is 15.1. The minimum Gasteiger partial charge on any atom is -0.393 e. The third-order valence-electron chi connectivity index (χ3n) is 1.76. The minimum atomic E-state index is -0.335. The Morgan fingerprint density at radius 2 is 2.15 bits per heavy atom. The highest BCUT2D eigenvalue weighted by atomic mass is 32.2. The zero-order chi connectivity index (χ0) is 10.3. The number of aliphatic hydroxyl groups excluding tert-OH is 1. The molecule has 0 bridgehead atoms. The Hall–Kier alpha value is -0.220. The summed E-state index contributed by atoms with van der Waals surface area (Å²) in [7, 11) is 0. The van der Waals surface area contributed by atoms with Crippen LogP contribution in [0.4, 0.5) is 0 Å². The van der Waals surface area contributed by atoms with Gasteiger partial charge in [-0.1, -0.05) is 6.92 Å². The molecule has 13 heavy (non-hydrogen) atoms. The number of nitrogens with one attached hydrogen (secondary N) is 1. The maximum absolute atomic E-state index is 11.2. The van der Waals surface area contributed by atoms with Crippen LogP contribution in [-0.4, -0.2) is 35.2 Å². The van der Waals surface area contributed by atoms with Crippen molar-refractivity contribution in [1.29, 1.82) is 0 Å². The lowest BCUT2D eigenvalue weighted by molar-refractivity contribution is -0.121. The highest BCUT2D eigenvalue weighted by molar-refractivity contribution is 7.99. The highest BCUT2D eigenvalue weighted by Crippen LogP contribution is 2.08. The van der Waals surface area contributed by atoms with E-state index in [9.17, 15) is 4.79 Å². The molecule has 0 fully saturated rings. The number of carbonyl (C=O) groups excluding carboxylic acids is 1. The number of carbonyl (C=O) groups is 1. The van der Waals surface area contributed by atoms with Crippen LogP contribution in [0.1, 0.15) is 26.7 Å². The van der Waals surface area contributed by atoms with Crippen LogP contribution < -0.4 is 5.32 Å². The smallest absolute Gasteiger partial charge is 0.221 e. The number of hydrogen-bond acceptors (Lipinski definition) is 3. The molecule has 2 unspecified atom stereocenters. The number of amides is 1. The summed E-state index contributed by atoms with van der Waals surface area (Å²) in [5, 5.41) is 12.1. The molecule has 0 spiro atoms. The highest BCUT2D eigenvalue weighted by Gasteiger charge is 2.06. The Kier molecular flexibility index (Phi) is 7.09. The van der Waals surface area contributed by atoms with Gasteiger partial charge in [0.15, 0.2) is 0 Å². The van der Waals surface area contributed by atoms with Crippen molar-refractivity contribution in [2.75, 3.05) is 12.8 Å². The Morgan fingerprint density at radius 3 is 2.62 bits per heavy atom. The third kappa shape index (κ3) is 8.12. The maximum atomic E-state index is 11.2. The van der Waals surface area contributed by atoms with Crippen LogP contribution in [0.25, 0.3) is 0 Å². The van der Waals surface area contributed by atoms with Gasteiger partial charge < -0.3 is 10.4 Å². The molecule has 0 aromatic carbocycles. The Morgan fingerprint density at radius 1 is 1.54 bits per heavy atom. The Balaban J connectivity index is 3.41. The van der Waals surface area contributed by atoms with E-state index in [0.717, 1.165) is 0 Å². The van der Waals surface area contributed by atoms with Gasteiger partial charge in [0.25, 0.3) is 0 Å². The fraction of sp³-hybridized carbons (Fsp3) is 0.889. The molecule has 0 rings (SSSR count). The first-order valence-electron chi connectivity index (χ1n) is 4.53. The van der Waals surface area contributed by atoms with E-state index in [0.29, 0.717) is 24.6 Å². The summed E-state index contributed by atoms with van der Waals surface area (Å²) < 4.78 is 0. The first-order chi connectivity index (χ1) is 6.06. The standard InChI is InChI=1S/C9H19NO2S/c1-7(11)4-5-10-9(12)6-8(2)13-3/h7-8,11H,4-6H2,1-3H3,(H,10,12). The quantitative estimate of drug-likeness (QED) is 0.680. The molecule has 3 nitrogen and oxygen atoms in total. The van der Waals surface area contributed by atoms with Crippen molar-refractivity contribution in [3.63, 3.8) is 0 Å². The first kappa shape index (κ1) is 12.8. The molecule has 2 atom stereocenters. The van der Waals surface area contributed by atoms with Crippen LogP contribution in [0, 0.1) is 0 Å². The van der Waals surface area contributed by atoms with Gasteiger partial charge in [-0.15, -0.1) is 0 Å². The third-order valence-corrected chi connectivity index (χ3v) is 2.73. The molecule has 0 saturated heterocycles. The van der Waals surface area contributed by atoms with E-state index >= 15 is 0 Å². The zero-order valence-electron chi connectivity index (χ0n) is 8.54. The number of thioether (sulfide) groups is 1. The number of hydrogen-bond donors (Lipinski definition) is 2. The molecule has 4 heteroatoms. The fourth-order valence-electron chi connectivity index (χ4n) is 0.837. The van der Waals surface area contributed by atoms with Crippen LogP contribution in [-0.2, 0) is 4.79 Å². The fourth-order valence-corrected chi connectivity index (χ4v) is 1.16. The molecular weight excluding hydrogens is 186 g/mol. The van der Waals surface area contributed by atoms with Gasteiger partial charge in [-0.2, -0.15) is 11.8 Å². The minimum absolute atomic E-state index is 0.0718. The van der Waals surface area contributed by atoms with Crippen LogP contribution >= 0.6 is 11.8 Å². The van der Waals surface area contributed by atoms with Gasteiger partial charge in [0.2, 0.25) is 5.91 Å². The average Bonchev–Trinajstić information content (AvgIpc) is 2.03. The van der Waals surface area contributed by atoms with Crippen molar-refractivity contribution in [1.82, 2.24) is 5.32 Å². The summed E-state index contributed by atoms with van der Waals surface area (Å²) in [6.07, 6.45) is 2.84. The van der Waals surface area contributed by atoms with Crippen LogP contribution in [0.2, 0.25) is 0 Å². The monoisotopic (exact) mass is 205 g/mol. The van der Waals surface area contributed by atoms with E-state index in [2.05, 4.69) is 5.32 Å². The van der Waals surface area contributed by atoms with Gasteiger partial charge in [0.05, 0.1) is 6.10 Å². The van der Waals surface area contributed by atoms with Gasteiger partial charge in [-0.3, -0.25) is 4.79 Å². The van der Waals surface area contributed by atoms with E-state index in [4.69, 9.17) is 5.11 Å². The molecular formula is C9H19NO2S. The molecule has 0 aromatic heterocycles. The van der Waals surface area contributed by atoms with Crippen molar-refractivity contribution >= 4 is 17.7 Å². The van der Waals surface area contributed by atoms with Crippen molar-refractivity contribution in [2.45, 2.75) is 38.0 Å². The second kappa shape index (κ2) is 7.21. The summed E-state index contributed by atoms with van der Waals surface area (Å²) in [6.45, 7) is 4.31. The molecule has 0 aliphatic heterocycles. The summed E-state index contributed by atoms with van der Waals surface area (Å²) in [4.78, 5) is 11.2. The molecule has 0 aliphatic carbocycles. The lowest BCUT2D eigenvalue weighted by Crippen LogP contribution is -2.28. The van der Waals surface area contributed by atoms with Crippen LogP contribution in [0.5, 0.6) is 0 Å². The van der Waals surface area contributed by atoms with Gasteiger partial charge in [-0.25, -0.2) is 0 Å². The lowest BCUT2D eigenvalue weighted by atomic mass is 10.2. The van der Waals surface area contributed by atoms with Crippen molar-refractivity contribution in [3.05, 3.63) is 0 Å². The predicted octanol–water partition coefficient (Wildman–Crippen LogP) is 1.02. The van der Waals surface area contributed by atoms with E-state index in [1.165, 1.54) is 0 Å². The van der Waals surface area contributed by atoms with Gasteiger partial charge >= 0.3 is 0 Å². The summed E-state index contributed by atoms with van der Waals surface area (Å²) in [6, 6.07) is 0. The number of rotatable bonds is 6. The Labute approximate surface area is 84.3 Å². The summed E-state index contributed by atoms with van der Waals surface area (Å²) >= 11 is 1.68. The number of aliphatic hydroxyl groups is 1. The van der Waals surface area contributed by atoms with Crippen LogP contribution in [0.15, 0.2) is 0 Å². The topological polar surface area (TPSA) is 49.3 Å². The van der Waals surface area contributed by atoms with Gasteiger partial charge in [0, 0.05) is 18.2 Å². The second-order valence-electron chi connectivity index (χ2n) is 3.24. The van der Waals surface area contributed by atoms with Crippen LogP contribution in [0.3, 0.4) is 0 Å². The SMILES string of the molecule is CSC(C)CC(=O)NCCC(C)O. The van der Waals surface area contributed by atoms with E-state index in [1.54, 1.807) is 18.7 Å². The average molecular weight is 205 g/mol. The van der Waals surface area contributed by atoms with Crippen molar-refractivity contribution < 1.29 is 9.90 Å². The van der Waals surface area contributed by atoms with E-state index < -0.39 is 0 Å². The van der Waals surface area contributed by atoms with Gasteiger partial charge in [0.1, 0.15) is 0 Å². The largest absolute Gasteiger partial charge is 0.393 e. The lowest BCUT2D eigenvalue weighted by Gasteiger charge is -2.09. The van der Waals surface area contributed by atoms with Crippen molar-refractivity contribution in [2.24, 2.45) is 0 Å². The molecule has 0 aromatic rings. The zero-order valence-corrected chi connectivity index (χ0v) is 9.36.